The lowest BCUT2D eigenvalue weighted by Gasteiger charge is -2.23. The number of nitrogens with zero attached hydrogens (tertiary/aromatic N) is 1. The summed E-state index contributed by atoms with van der Waals surface area (Å²) < 4.78 is 26.9. The molecule has 2 heterocycles. The average molecular weight is 436 g/mol. The molecule has 1 unspecified atom stereocenters. The Balaban J connectivity index is 0.00000261. The molecule has 2 N–H and O–H groups in total. The van der Waals surface area contributed by atoms with Crippen LogP contribution in [0.1, 0.15) is 38.0 Å². The Bertz CT molecular complexity index is 741. The van der Waals surface area contributed by atoms with Crippen molar-refractivity contribution in [1.82, 2.24) is 14.9 Å². The van der Waals surface area contributed by atoms with E-state index in [0.717, 1.165) is 37.2 Å². The fourth-order valence-corrected chi connectivity index (χ4v) is 6.92. The molecular formula is C18H30ClN3O3S2. The number of hydrogen-bond donors (Lipinski definition) is 2. The van der Waals surface area contributed by atoms with Crippen molar-refractivity contribution in [3.63, 3.8) is 0 Å². The van der Waals surface area contributed by atoms with Crippen LogP contribution >= 0.6 is 23.7 Å². The van der Waals surface area contributed by atoms with Crippen LogP contribution in [0.25, 0.3) is 0 Å². The number of piperidine rings is 1. The van der Waals surface area contributed by atoms with Gasteiger partial charge < -0.3 is 10.6 Å². The van der Waals surface area contributed by atoms with Crippen LogP contribution in [-0.4, -0.2) is 51.4 Å². The fourth-order valence-electron chi connectivity index (χ4n) is 3.95. The summed E-state index contributed by atoms with van der Waals surface area (Å²) in [5.41, 5.74) is 0.253. The van der Waals surface area contributed by atoms with Crippen molar-refractivity contribution in [3.05, 3.63) is 17.0 Å². The van der Waals surface area contributed by atoms with Crippen molar-refractivity contribution in [2.75, 3.05) is 32.7 Å². The molecule has 1 aromatic rings. The number of carbonyl (C=O) groups excluding carboxylic acids is 1. The van der Waals surface area contributed by atoms with E-state index in [1.54, 1.807) is 6.07 Å². The number of carbonyl (C=O) groups is 1. The SMILES string of the molecule is CCN(CC)S(=O)(=O)c1ccc(CCNC(=O)C2CC23CCNCC3)s1.Cl. The van der Waals surface area contributed by atoms with Crippen molar-refractivity contribution in [1.29, 1.82) is 0 Å². The third-order valence-corrected chi connectivity index (χ3v) is 9.38. The Morgan fingerprint density at radius 1 is 1.30 bits per heavy atom. The van der Waals surface area contributed by atoms with Gasteiger partial charge in [0.2, 0.25) is 5.91 Å². The van der Waals surface area contributed by atoms with Crippen molar-refractivity contribution in [2.45, 2.75) is 43.7 Å². The highest BCUT2D eigenvalue weighted by Gasteiger charge is 2.57. The van der Waals surface area contributed by atoms with Crippen LogP contribution < -0.4 is 10.6 Å². The summed E-state index contributed by atoms with van der Waals surface area (Å²) in [6, 6.07) is 3.54. The van der Waals surface area contributed by atoms with Crippen LogP contribution in [0.5, 0.6) is 0 Å². The van der Waals surface area contributed by atoms with Crippen LogP contribution in [0.15, 0.2) is 16.3 Å². The van der Waals surface area contributed by atoms with E-state index < -0.39 is 10.0 Å². The fraction of sp³-hybridized carbons (Fsp3) is 0.722. The summed E-state index contributed by atoms with van der Waals surface area (Å²) >= 11 is 1.31. The first kappa shape index (κ1) is 22.6. The largest absolute Gasteiger partial charge is 0.355 e. The molecule has 0 bridgehead atoms. The molecule has 1 aromatic heterocycles. The van der Waals surface area contributed by atoms with Gasteiger partial charge >= 0.3 is 0 Å². The summed E-state index contributed by atoms with van der Waals surface area (Å²) in [5, 5.41) is 6.40. The van der Waals surface area contributed by atoms with Gasteiger partial charge in [-0.3, -0.25) is 4.79 Å². The van der Waals surface area contributed by atoms with Crippen molar-refractivity contribution in [3.8, 4) is 0 Å². The third kappa shape index (κ3) is 4.85. The van der Waals surface area contributed by atoms with Gasteiger partial charge in [-0.25, -0.2) is 8.42 Å². The number of rotatable bonds is 8. The van der Waals surface area contributed by atoms with Gasteiger partial charge in [0.05, 0.1) is 0 Å². The zero-order valence-corrected chi connectivity index (χ0v) is 18.4. The Kier molecular flexibility index (Phi) is 7.72. The Morgan fingerprint density at radius 2 is 1.96 bits per heavy atom. The van der Waals surface area contributed by atoms with Crippen molar-refractivity contribution >= 4 is 39.7 Å². The van der Waals surface area contributed by atoms with Gasteiger partial charge in [-0.05, 0) is 56.3 Å². The minimum atomic E-state index is -3.39. The first-order valence-corrected chi connectivity index (χ1v) is 11.8. The topological polar surface area (TPSA) is 78.5 Å². The molecule has 1 amide bonds. The Morgan fingerprint density at radius 3 is 2.59 bits per heavy atom. The number of halogens is 1. The molecule has 9 heteroatoms. The van der Waals surface area contributed by atoms with Crippen molar-refractivity contribution < 1.29 is 13.2 Å². The molecule has 1 spiro atoms. The lowest BCUT2D eigenvalue weighted by atomic mass is 9.92. The van der Waals surface area contributed by atoms with Gasteiger partial charge in [0.25, 0.3) is 10.0 Å². The minimum absolute atomic E-state index is 0. The number of hydrogen-bond acceptors (Lipinski definition) is 5. The highest BCUT2D eigenvalue weighted by molar-refractivity contribution is 7.91. The molecule has 0 aromatic carbocycles. The summed E-state index contributed by atoms with van der Waals surface area (Å²) in [5.74, 6) is 0.339. The van der Waals surface area contributed by atoms with Crippen LogP contribution in [0.2, 0.25) is 0 Å². The predicted octanol–water partition coefficient (Wildman–Crippen LogP) is 2.25. The van der Waals surface area contributed by atoms with Crippen LogP contribution in [0, 0.1) is 11.3 Å². The smallest absolute Gasteiger partial charge is 0.252 e. The highest BCUT2D eigenvalue weighted by atomic mass is 35.5. The van der Waals surface area contributed by atoms with Gasteiger partial charge in [0.1, 0.15) is 4.21 Å². The molecule has 0 radical (unpaired) electrons. The maximum atomic E-state index is 12.5. The Hall–Kier alpha value is -0.670. The first-order chi connectivity index (χ1) is 12.4. The third-order valence-electron chi connectivity index (χ3n) is 5.71. The lowest BCUT2D eigenvalue weighted by Crippen LogP contribution is -2.34. The molecular weight excluding hydrogens is 406 g/mol. The average Bonchev–Trinajstić information content (AvgIpc) is 3.09. The highest BCUT2D eigenvalue weighted by Crippen LogP contribution is 2.58. The van der Waals surface area contributed by atoms with Gasteiger partial charge in [-0.15, -0.1) is 23.7 Å². The molecule has 1 aliphatic carbocycles. The van der Waals surface area contributed by atoms with Crippen molar-refractivity contribution in [2.24, 2.45) is 11.3 Å². The van der Waals surface area contributed by atoms with E-state index in [4.69, 9.17) is 0 Å². The van der Waals surface area contributed by atoms with E-state index in [9.17, 15) is 13.2 Å². The zero-order valence-electron chi connectivity index (χ0n) is 16.0. The molecule has 6 nitrogen and oxygen atoms in total. The second-order valence-corrected chi connectivity index (χ2v) is 10.6. The Labute approximate surface area is 172 Å². The molecule has 3 rings (SSSR count). The molecule has 27 heavy (non-hydrogen) atoms. The van der Waals surface area contributed by atoms with Gasteiger partial charge in [-0.1, -0.05) is 13.8 Å². The summed E-state index contributed by atoms with van der Waals surface area (Å²) in [7, 11) is -3.39. The molecule has 154 valence electrons. The van der Waals surface area contributed by atoms with E-state index in [-0.39, 0.29) is 29.6 Å². The molecule has 1 saturated carbocycles. The molecule has 2 fully saturated rings. The van der Waals surface area contributed by atoms with Crippen LogP contribution in [0.4, 0.5) is 0 Å². The van der Waals surface area contributed by atoms with Crippen LogP contribution in [0.3, 0.4) is 0 Å². The number of thiophene rings is 1. The second-order valence-electron chi connectivity index (χ2n) is 7.22. The normalized spacial score (nSPS) is 21.1. The van der Waals surface area contributed by atoms with Crippen LogP contribution in [-0.2, 0) is 21.2 Å². The summed E-state index contributed by atoms with van der Waals surface area (Å²) in [4.78, 5) is 13.4. The van der Waals surface area contributed by atoms with Gasteiger partial charge in [0, 0.05) is 30.4 Å². The minimum Gasteiger partial charge on any atom is -0.355 e. The molecule has 1 aliphatic heterocycles. The van der Waals surface area contributed by atoms with Gasteiger partial charge in [0.15, 0.2) is 0 Å². The number of nitrogens with one attached hydrogen (secondary N) is 2. The van der Waals surface area contributed by atoms with E-state index in [2.05, 4.69) is 10.6 Å². The molecule has 2 aliphatic rings. The van der Waals surface area contributed by atoms with Gasteiger partial charge in [-0.2, -0.15) is 4.31 Å². The quantitative estimate of drug-likeness (QED) is 0.656. The monoisotopic (exact) mass is 435 g/mol. The van der Waals surface area contributed by atoms with E-state index in [1.807, 2.05) is 19.9 Å². The second kappa shape index (κ2) is 9.22. The molecule has 1 atom stereocenters. The maximum Gasteiger partial charge on any atom is 0.252 e. The number of sulfonamides is 1. The lowest BCUT2D eigenvalue weighted by molar-refractivity contribution is -0.123. The van der Waals surface area contributed by atoms with E-state index >= 15 is 0 Å². The number of amides is 1. The summed E-state index contributed by atoms with van der Waals surface area (Å²) in [6.07, 6.45) is 3.89. The maximum absolute atomic E-state index is 12.5. The predicted molar refractivity (Wildman–Crippen MR) is 111 cm³/mol. The van der Waals surface area contributed by atoms with E-state index in [0.29, 0.717) is 30.3 Å². The zero-order chi connectivity index (χ0) is 18.8. The standard InChI is InChI=1S/C18H29N3O3S2.ClH/c1-3-21(4-2)26(23,24)16-6-5-14(25-16)7-10-20-17(22)15-13-18(15)8-11-19-12-9-18;/h5-6,15,19H,3-4,7-13H2,1-2H3,(H,20,22);1H. The molecule has 1 saturated heterocycles. The van der Waals surface area contributed by atoms with E-state index in [1.165, 1.54) is 15.6 Å². The first-order valence-electron chi connectivity index (χ1n) is 9.50. The summed E-state index contributed by atoms with van der Waals surface area (Å²) in [6.45, 7) is 7.23.